The Labute approximate surface area is 169 Å². The van der Waals surface area contributed by atoms with Gasteiger partial charge in [-0.2, -0.15) is 25.3 Å². The molecule has 0 spiro atoms. The summed E-state index contributed by atoms with van der Waals surface area (Å²) in [6, 6.07) is 0. The smallest absolute Gasteiger partial charge is 0.156 e. The van der Waals surface area contributed by atoms with Gasteiger partial charge in [0.05, 0.1) is 11.2 Å². The Morgan fingerprint density at radius 3 is 1.65 bits per heavy atom. The van der Waals surface area contributed by atoms with Crippen molar-refractivity contribution in [1.29, 1.82) is 0 Å². The van der Waals surface area contributed by atoms with Crippen molar-refractivity contribution in [2.75, 3.05) is 0 Å². The van der Waals surface area contributed by atoms with Gasteiger partial charge in [-0.05, 0) is 94.8 Å². The number of fused-ring (bicyclic) bond motifs is 10. The fourth-order valence-corrected chi connectivity index (χ4v) is 10.6. The Kier molecular flexibility index (Phi) is 3.63. The van der Waals surface area contributed by atoms with Crippen LogP contribution in [0.5, 0.6) is 0 Å². The van der Waals surface area contributed by atoms with E-state index in [2.05, 4.69) is 6.92 Å². The normalized spacial score (nSPS) is 60.6. The van der Waals surface area contributed by atoms with Crippen LogP contribution in [0.2, 0.25) is 0 Å². The van der Waals surface area contributed by atoms with E-state index in [1.54, 1.807) is 0 Å². The predicted molar refractivity (Wildman–Crippen MR) is 110 cm³/mol. The molecule has 0 aliphatic heterocycles. The molecule has 146 valence electrons. The minimum Gasteiger partial charge on any atom is -0.345 e. The SMILES string of the molecule is CC(OC12CCC(C1)C1CCCC12S)OC12CCC(C1)C1CCCC12S. The lowest BCUT2D eigenvalue weighted by Gasteiger charge is -2.49. The molecule has 4 bridgehead atoms. The Morgan fingerprint density at radius 1 is 0.731 bits per heavy atom. The summed E-state index contributed by atoms with van der Waals surface area (Å²) in [5, 5.41) is 0. The van der Waals surface area contributed by atoms with Crippen LogP contribution < -0.4 is 0 Å². The first-order valence-corrected chi connectivity index (χ1v) is 12.1. The molecule has 0 radical (unpaired) electrons. The Balaban J connectivity index is 1.24. The average molecular weight is 395 g/mol. The van der Waals surface area contributed by atoms with Crippen molar-refractivity contribution in [2.24, 2.45) is 23.7 Å². The quantitative estimate of drug-likeness (QED) is 0.491. The summed E-state index contributed by atoms with van der Waals surface area (Å²) in [5.74, 6) is 3.25. The first-order chi connectivity index (χ1) is 12.4. The Hall–Kier alpha value is 0.620. The molecule has 8 unspecified atom stereocenters. The lowest BCUT2D eigenvalue weighted by molar-refractivity contribution is -0.256. The number of rotatable bonds is 4. The van der Waals surface area contributed by atoms with Crippen LogP contribution in [0.25, 0.3) is 0 Å². The Morgan fingerprint density at radius 2 is 1.19 bits per heavy atom. The van der Waals surface area contributed by atoms with E-state index in [1.807, 2.05) is 0 Å². The van der Waals surface area contributed by atoms with Crippen LogP contribution in [0.15, 0.2) is 0 Å². The van der Waals surface area contributed by atoms with Crippen molar-refractivity contribution in [1.82, 2.24) is 0 Å². The zero-order valence-corrected chi connectivity index (χ0v) is 17.9. The van der Waals surface area contributed by atoms with Gasteiger partial charge in [-0.3, -0.25) is 0 Å². The van der Waals surface area contributed by atoms with Gasteiger partial charge < -0.3 is 9.47 Å². The molecular weight excluding hydrogens is 360 g/mol. The van der Waals surface area contributed by atoms with Gasteiger partial charge in [0.1, 0.15) is 0 Å². The molecular formula is C22H34O2S2. The monoisotopic (exact) mass is 394 g/mol. The molecule has 0 heterocycles. The van der Waals surface area contributed by atoms with Gasteiger partial charge in [-0.25, -0.2) is 0 Å². The van der Waals surface area contributed by atoms with E-state index >= 15 is 0 Å². The zero-order valence-electron chi connectivity index (χ0n) is 16.1. The van der Waals surface area contributed by atoms with Crippen LogP contribution in [-0.4, -0.2) is 27.0 Å². The molecule has 6 aliphatic rings. The standard InChI is InChI=1S/C22H34O2S2/c1-14(23-19-10-6-15(12-19)17-4-2-8-21(17,19)25)24-20-11-7-16(13-20)18-5-3-9-22(18,20)26/h14-18,25-26H,2-13H2,1H3. The van der Waals surface area contributed by atoms with Gasteiger partial charge in [-0.1, -0.05) is 12.8 Å². The molecule has 0 amide bonds. The molecule has 6 aliphatic carbocycles. The highest BCUT2D eigenvalue weighted by Crippen LogP contribution is 2.69. The summed E-state index contributed by atoms with van der Waals surface area (Å²) in [5.41, 5.74) is -0.0686. The van der Waals surface area contributed by atoms with E-state index in [1.165, 1.54) is 77.0 Å². The number of thiol groups is 2. The molecule has 6 saturated carbocycles. The largest absolute Gasteiger partial charge is 0.345 e. The van der Waals surface area contributed by atoms with Crippen LogP contribution in [-0.2, 0) is 9.47 Å². The highest BCUT2D eigenvalue weighted by Gasteiger charge is 2.70. The summed E-state index contributed by atoms with van der Waals surface area (Å²) >= 11 is 10.6. The Bertz CT molecular complexity index is 575. The fourth-order valence-electron chi connectivity index (χ4n) is 9.06. The first kappa shape index (κ1) is 17.5. The molecule has 0 aromatic heterocycles. The number of hydrogen-bond donors (Lipinski definition) is 2. The molecule has 4 heteroatoms. The van der Waals surface area contributed by atoms with E-state index in [4.69, 9.17) is 34.7 Å². The minimum absolute atomic E-state index is 0.0343. The van der Waals surface area contributed by atoms with Crippen molar-refractivity contribution < 1.29 is 9.47 Å². The van der Waals surface area contributed by atoms with Gasteiger partial charge in [0.2, 0.25) is 0 Å². The van der Waals surface area contributed by atoms with E-state index in [9.17, 15) is 0 Å². The van der Waals surface area contributed by atoms with Crippen LogP contribution in [0.1, 0.15) is 84.0 Å². The van der Waals surface area contributed by atoms with Gasteiger partial charge in [0.25, 0.3) is 0 Å². The second-order valence-corrected chi connectivity index (χ2v) is 12.2. The molecule has 0 aromatic carbocycles. The molecule has 6 rings (SSSR count). The van der Waals surface area contributed by atoms with Gasteiger partial charge >= 0.3 is 0 Å². The summed E-state index contributed by atoms with van der Waals surface area (Å²) in [7, 11) is 0. The topological polar surface area (TPSA) is 18.5 Å². The van der Waals surface area contributed by atoms with Gasteiger partial charge in [0, 0.05) is 9.49 Å². The molecule has 0 aromatic rings. The first-order valence-electron chi connectivity index (χ1n) is 11.2. The second-order valence-electron chi connectivity index (χ2n) is 10.6. The molecule has 2 nitrogen and oxygen atoms in total. The summed E-state index contributed by atoms with van der Waals surface area (Å²) in [4.78, 5) is 0. The minimum atomic E-state index is -0.126. The summed E-state index contributed by atoms with van der Waals surface area (Å²) in [6.45, 7) is 2.17. The third kappa shape index (κ3) is 1.92. The zero-order chi connectivity index (χ0) is 17.8. The van der Waals surface area contributed by atoms with Crippen molar-refractivity contribution in [3.8, 4) is 0 Å². The van der Waals surface area contributed by atoms with Crippen molar-refractivity contribution >= 4 is 25.3 Å². The van der Waals surface area contributed by atoms with Crippen LogP contribution in [0, 0.1) is 23.7 Å². The number of ether oxygens (including phenoxy) is 2. The maximum atomic E-state index is 6.87. The maximum Gasteiger partial charge on any atom is 0.156 e. The van der Waals surface area contributed by atoms with Gasteiger partial charge in [-0.15, -0.1) is 0 Å². The van der Waals surface area contributed by atoms with E-state index in [-0.39, 0.29) is 27.0 Å². The molecule has 0 saturated heterocycles. The lowest BCUT2D eigenvalue weighted by atomic mass is 9.78. The average Bonchev–Trinajstić information content (AvgIpc) is 3.34. The molecule has 0 N–H and O–H groups in total. The highest BCUT2D eigenvalue weighted by molar-refractivity contribution is 7.82. The lowest BCUT2D eigenvalue weighted by Crippen LogP contribution is -2.55. The fraction of sp³-hybridized carbons (Fsp3) is 1.00. The second kappa shape index (κ2) is 5.40. The summed E-state index contributed by atoms with van der Waals surface area (Å²) in [6.07, 6.45) is 15.2. The van der Waals surface area contributed by atoms with E-state index in [0.29, 0.717) is 0 Å². The highest BCUT2D eigenvalue weighted by atomic mass is 32.1. The van der Waals surface area contributed by atoms with E-state index < -0.39 is 0 Å². The van der Waals surface area contributed by atoms with Crippen molar-refractivity contribution in [2.45, 2.75) is 111 Å². The summed E-state index contributed by atoms with van der Waals surface area (Å²) < 4.78 is 14.0. The van der Waals surface area contributed by atoms with Crippen molar-refractivity contribution in [3.05, 3.63) is 0 Å². The van der Waals surface area contributed by atoms with Crippen LogP contribution in [0.3, 0.4) is 0 Å². The predicted octanol–water partition coefficient (Wildman–Crippen LogP) is 5.41. The molecule has 26 heavy (non-hydrogen) atoms. The third-order valence-corrected chi connectivity index (χ3v) is 11.8. The third-order valence-electron chi connectivity index (χ3n) is 9.89. The molecule has 6 fully saturated rings. The van der Waals surface area contributed by atoms with Crippen LogP contribution >= 0.6 is 25.3 Å². The van der Waals surface area contributed by atoms with Crippen molar-refractivity contribution in [3.63, 3.8) is 0 Å². The number of hydrogen-bond acceptors (Lipinski definition) is 4. The molecule has 8 atom stereocenters. The van der Waals surface area contributed by atoms with Gasteiger partial charge in [0.15, 0.2) is 6.29 Å². The van der Waals surface area contributed by atoms with E-state index in [0.717, 1.165) is 23.7 Å². The van der Waals surface area contributed by atoms with Crippen LogP contribution in [0.4, 0.5) is 0 Å². The maximum absolute atomic E-state index is 6.87.